The third kappa shape index (κ3) is 2.84. The number of carbonyl (C=O) groups is 1. The van der Waals surface area contributed by atoms with E-state index in [0.717, 1.165) is 12.8 Å². The molecule has 0 atom stereocenters. The lowest BCUT2D eigenvalue weighted by Crippen LogP contribution is -2.32. The maximum absolute atomic E-state index is 11.5. The molecule has 1 aromatic rings. The topological polar surface area (TPSA) is 75.5 Å². The highest BCUT2D eigenvalue weighted by atomic mass is 16.5. The van der Waals surface area contributed by atoms with Gasteiger partial charge in [0.05, 0.1) is 12.3 Å². The van der Waals surface area contributed by atoms with Crippen molar-refractivity contribution in [1.29, 1.82) is 0 Å². The Hall–Kier alpha value is -1.69. The van der Waals surface area contributed by atoms with Crippen molar-refractivity contribution in [3.8, 4) is 0 Å². The molecule has 0 amide bonds. The van der Waals surface area contributed by atoms with Gasteiger partial charge in [0.15, 0.2) is 5.82 Å². The number of anilines is 1. The summed E-state index contributed by atoms with van der Waals surface area (Å²) in [5.41, 5.74) is 1.60. The van der Waals surface area contributed by atoms with Gasteiger partial charge in [-0.3, -0.25) is 0 Å². The first-order valence-corrected chi connectivity index (χ1v) is 6.39. The van der Waals surface area contributed by atoms with Gasteiger partial charge in [0.2, 0.25) is 0 Å². The lowest BCUT2D eigenvalue weighted by molar-refractivity contribution is 0.0695. The fraction of sp³-hybridized carbons (Fsp3) is 0.615. The molecule has 0 bridgehead atoms. The van der Waals surface area contributed by atoms with E-state index in [1.165, 1.54) is 0 Å². The van der Waals surface area contributed by atoms with Crippen molar-refractivity contribution in [2.75, 3.05) is 25.2 Å². The summed E-state index contributed by atoms with van der Waals surface area (Å²) >= 11 is 0. The Morgan fingerprint density at radius 1 is 1.42 bits per heavy atom. The molecule has 6 nitrogen and oxygen atoms in total. The van der Waals surface area contributed by atoms with Crippen LogP contribution in [-0.4, -0.2) is 47.6 Å². The minimum Gasteiger partial charge on any atom is -0.478 e. The van der Waals surface area contributed by atoms with Crippen molar-refractivity contribution >= 4 is 11.8 Å². The van der Waals surface area contributed by atoms with Crippen LogP contribution >= 0.6 is 0 Å². The van der Waals surface area contributed by atoms with Gasteiger partial charge in [0.1, 0.15) is 5.56 Å². The zero-order chi connectivity index (χ0) is 14.0. The number of carboxylic acids is 1. The fourth-order valence-corrected chi connectivity index (χ4v) is 2.09. The molecular formula is C13H19N3O3. The third-order valence-corrected chi connectivity index (χ3v) is 3.45. The van der Waals surface area contributed by atoms with Gasteiger partial charge in [0.25, 0.3) is 0 Å². The first-order valence-electron chi connectivity index (χ1n) is 6.39. The highest BCUT2D eigenvalue weighted by Crippen LogP contribution is 2.33. The van der Waals surface area contributed by atoms with Crippen LogP contribution in [0.3, 0.4) is 0 Å². The normalized spacial score (nSPS) is 14.5. The van der Waals surface area contributed by atoms with E-state index in [1.807, 2.05) is 4.90 Å². The van der Waals surface area contributed by atoms with Gasteiger partial charge in [-0.1, -0.05) is 0 Å². The van der Waals surface area contributed by atoms with Crippen LogP contribution in [0.4, 0.5) is 5.82 Å². The standard InChI is InChI=1S/C13H19N3O3/c1-8-9(2)14-15-12(11(8)13(17)18)16(6-7-19-3)10-4-5-10/h10H,4-7H2,1-3H3,(H,17,18). The first-order chi connectivity index (χ1) is 9.06. The molecule has 6 heteroatoms. The average Bonchev–Trinajstić information content (AvgIpc) is 3.18. The zero-order valence-corrected chi connectivity index (χ0v) is 11.5. The Bertz CT molecular complexity index is 486. The highest BCUT2D eigenvalue weighted by molar-refractivity contribution is 5.95. The number of nitrogens with zero attached hydrogens (tertiary/aromatic N) is 3. The van der Waals surface area contributed by atoms with E-state index in [1.54, 1.807) is 21.0 Å². The van der Waals surface area contributed by atoms with Crippen molar-refractivity contribution in [2.45, 2.75) is 32.7 Å². The number of aromatic nitrogens is 2. The summed E-state index contributed by atoms with van der Waals surface area (Å²) in [6, 6.07) is 0.365. The molecule has 104 valence electrons. The predicted molar refractivity (Wildman–Crippen MR) is 70.7 cm³/mol. The Balaban J connectivity index is 2.41. The third-order valence-electron chi connectivity index (χ3n) is 3.45. The molecule has 1 saturated carbocycles. The van der Waals surface area contributed by atoms with Gasteiger partial charge < -0.3 is 14.7 Å². The summed E-state index contributed by atoms with van der Waals surface area (Å²) in [6.45, 7) is 4.73. The number of rotatable bonds is 6. The van der Waals surface area contributed by atoms with Gasteiger partial charge in [0, 0.05) is 19.7 Å². The minimum absolute atomic E-state index is 0.260. The van der Waals surface area contributed by atoms with Crippen LogP contribution in [0.1, 0.15) is 34.5 Å². The molecule has 1 aliphatic carbocycles. The van der Waals surface area contributed by atoms with E-state index >= 15 is 0 Å². The fourth-order valence-electron chi connectivity index (χ4n) is 2.09. The minimum atomic E-state index is -0.950. The summed E-state index contributed by atoms with van der Waals surface area (Å²) in [7, 11) is 1.63. The first kappa shape index (κ1) is 13.7. The number of hydrogen-bond acceptors (Lipinski definition) is 5. The van der Waals surface area contributed by atoms with Crippen LogP contribution in [-0.2, 0) is 4.74 Å². The molecule has 1 N–H and O–H groups in total. The Morgan fingerprint density at radius 3 is 2.63 bits per heavy atom. The van der Waals surface area contributed by atoms with Crippen molar-refractivity contribution in [3.05, 3.63) is 16.8 Å². The van der Waals surface area contributed by atoms with E-state index in [0.29, 0.717) is 36.3 Å². The molecule has 19 heavy (non-hydrogen) atoms. The molecule has 0 aliphatic heterocycles. The van der Waals surface area contributed by atoms with E-state index in [9.17, 15) is 9.90 Å². The van der Waals surface area contributed by atoms with E-state index in [2.05, 4.69) is 10.2 Å². The Labute approximate surface area is 112 Å². The predicted octanol–water partition coefficient (Wildman–Crippen LogP) is 1.41. The van der Waals surface area contributed by atoms with E-state index in [-0.39, 0.29) is 5.56 Å². The van der Waals surface area contributed by atoms with Crippen LogP contribution in [0.15, 0.2) is 0 Å². The number of aryl methyl sites for hydroxylation is 1. The molecule has 1 aromatic heterocycles. The second-order valence-corrected chi connectivity index (χ2v) is 4.83. The molecule has 0 radical (unpaired) electrons. The quantitative estimate of drug-likeness (QED) is 0.838. The molecule has 0 unspecified atom stereocenters. The van der Waals surface area contributed by atoms with E-state index in [4.69, 9.17) is 4.74 Å². The Kier molecular flexibility index (Phi) is 3.99. The average molecular weight is 265 g/mol. The SMILES string of the molecule is COCCN(c1nnc(C)c(C)c1C(=O)O)C1CC1. The van der Waals surface area contributed by atoms with Gasteiger partial charge in [-0.15, -0.1) is 5.10 Å². The van der Waals surface area contributed by atoms with Crippen LogP contribution in [0.25, 0.3) is 0 Å². The molecule has 1 fully saturated rings. The van der Waals surface area contributed by atoms with E-state index < -0.39 is 5.97 Å². The Morgan fingerprint density at radius 2 is 2.11 bits per heavy atom. The molecule has 0 spiro atoms. The molecule has 0 saturated heterocycles. The monoisotopic (exact) mass is 265 g/mol. The molecular weight excluding hydrogens is 246 g/mol. The van der Waals surface area contributed by atoms with Crippen LogP contribution in [0.2, 0.25) is 0 Å². The van der Waals surface area contributed by atoms with Gasteiger partial charge >= 0.3 is 5.97 Å². The zero-order valence-electron chi connectivity index (χ0n) is 11.5. The number of methoxy groups -OCH3 is 1. The maximum atomic E-state index is 11.5. The van der Waals surface area contributed by atoms with Gasteiger partial charge in [-0.25, -0.2) is 4.79 Å². The number of ether oxygens (including phenoxy) is 1. The van der Waals surface area contributed by atoms with Crippen molar-refractivity contribution in [2.24, 2.45) is 0 Å². The molecule has 1 heterocycles. The molecule has 0 aromatic carbocycles. The van der Waals surface area contributed by atoms with Crippen molar-refractivity contribution < 1.29 is 14.6 Å². The summed E-state index contributed by atoms with van der Waals surface area (Å²) < 4.78 is 5.09. The lowest BCUT2D eigenvalue weighted by Gasteiger charge is -2.24. The number of carboxylic acid groups (broad SMARTS) is 1. The molecule has 2 rings (SSSR count). The van der Waals surface area contributed by atoms with Gasteiger partial charge in [-0.05, 0) is 32.3 Å². The van der Waals surface area contributed by atoms with Crippen molar-refractivity contribution in [1.82, 2.24) is 10.2 Å². The van der Waals surface area contributed by atoms with Crippen LogP contribution in [0.5, 0.6) is 0 Å². The lowest BCUT2D eigenvalue weighted by atomic mass is 10.1. The smallest absolute Gasteiger partial charge is 0.339 e. The number of aromatic carboxylic acids is 1. The summed E-state index contributed by atoms with van der Waals surface area (Å²) in [4.78, 5) is 13.5. The largest absolute Gasteiger partial charge is 0.478 e. The van der Waals surface area contributed by atoms with Crippen LogP contribution in [0, 0.1) is 13.8 Å². The summed E-state index contributed by atoms with van der Waals surface area (Å²) in [5, 5.41) is 17.6. The second-order valence-electron chi connectivity index (χ2n) is 4.83. The highest BCUT2D eigenvalue weighted by Gasteiger charge is 2.33. The van der Waals surface area contributed by atoms with Crippen LogP contribution < -0.4 is 4.90 Å². The van der Waals surface area contributed by atoms with Crippen molar-refractivity contribution in [3.63, 3.8) is 0 Å². The second kappa shape index (κ2) is 5.52. The maximum Gasteiger partial charge on any atom is 0.339 e. The van der Waals surface area contributed by atoms with Gasteiger partial charge in [-0.2, -0.15) is 5.10 Å². The summed E-state index contributed by atoms with van der Waals surface area (Å²) in [5.74, 6) is -0.483. The summed E-state index contributed by atoms with van der Waals surface area (Å²) in [6.07, 6.45) is 2.13. The molecule has 1 aliphatic rings. The number of hydrogen-bond donors (Lipinski definition) is 1.